The van der Waals surface area contributed by atoms with Gasteiger partial charge in [-0.3, -0.25) is 0 Å². The molecule has 0 atom stereocenters. The number of benzene rings is 2. The molecule has 0 amide bonds. The van der Waals surface area contributed by atoms with E-state index in [0.29, 0.717) is 5.71 Å². The summed E-state index contributed by atoms with van der Waals surface area (Å²) in [6, 6.07) is 13.9. The molecule has 0 aliphatic carbocycles. The van der Waals surface area contributed by atoms with Gasteiger partial charge in [0.25, 0.3) is 0 Å². The van der Waals surface area contributed by atoms with E-state index < -0.39 is 0 Å². The van der Waals surface area contributed by atoms with Gasteiger partial charge in [0.1, 0.15) is 5.58 Å². The van der Waals surface area contributed by atoms with Crippen molar-refractivity contribution in [1.29, 1.82) is 0 Å². The molecule has 0 saturated carbocycles. The Bertz CT molecular complexity index is 895. The largest absolute Gasteiger partial charge is 0.438 e. The maximum atomic E-state index is 6.23. The predicted octanol–water partition coefficient (Wildman–Crippen LogP) is 4.79. The molecule has 0 saturated heterocycles. The van der Waals surface area contributed by atoms with Crippen LogP contribution in [0.5, 0.6) is 0 Å². The Morgan fingerprint density at radius 2 is 1.89 bits per heavy atom. The topological polar surface area (TPSA) is 26.0 Å². The second-order valence-electron chi connectivity index (χ2n) is 4.27. The highest BCUT2D eigenvalue weighted by Gasteiger charge is 2.09. The van der Waals surface area contributed by atoms with Crippen molar-refractivity contribution >= 4 is 44.4 Å². The Morgan fingerprint density at radius 3 is 2.83 bits per heavy atom. The number of aromatic nitrogens is 1. The number of pyridine rings is 1. The first kappa shape index (κ1) is 9.92. The molecule has 0 aliphatic rings. The van der Waals surface area contributed by atoms with E-state index in [-0.39, 0.29) is 0 Å². The highest BCUT2D eigenvalue weighted by atomic mass is 35.5. The van der Waals surface area contributed by atoms with E-state index in [2.05, 4.69) is 11.1 Å². The number of hydrogen-bond acceptors (Lipinski definition) is 2. The number of rotatable bonds is 0. The molecule has 0 spiro atoms. The molecule has 2 aromatic carbocycles. The molecule has 0 radical (unpaired) electrons. The zero-order chi connectivity index (χ0) is 12.1. The van der Waals surface area contributed by atoms with Gasteiger partial charge in [-0.05, 0) is 35.7 Å². The van der Waals surface area contributed by atoms with Crippen LogP contribution in [0.4, 0.5) is 0 Å². The van der Waals surface area contributed by atoms with Crippen molar-refractivity contribution in [3.63, 3.8) is 0 Å². The van der Waals surface area contributed by atoms with Gasteiger partial charge in [0.2, 0.25) is 5.71 Å². The molecular weight excluding hydrogens is 246 g/mol. The molecule has 0 N–H and O–H groups in total. The third-order valence-electron chi connectivity index (χ3n) is 3.20. The van der Waals surface area contributed by atoms with E-state index in [1.807, 2.05) is 36.4 Å². The van der Waals surface area contributed by atoms with Crippen LogP contribution in [-0.4, -0.2) is 4.98 Å². The van der Waals surface area contributed by atoms with Gasteiger partial charge in [-0.25, -0.2) is 4.98 Å². The van der Waals surface area contributed by atoms with Crippen LogP contribution in [0.25, 0.3) is 32.8 Å². The molecule has 0 aliphatic heterocycles. The Balaban J connectivity index is 2.28. The molecule has 86 valence electrons. The van der Waals surface area contributed by atoms with E-state index in [1.165, 1.54) is 0 Å². The summed E-state index contributed by atoms with van der Waals surface area (Å²) in [5, 5.41) is 4.95. The van der Waals surface area contributed by atoms with Crippen LogP contribution in [0.3, 0.4) is 0 Å². The first-order valence-corrected chi connectivity index (χ1v) is 6.06. The minimum absolute atomic E-state index is 0.666. The quantitative estimate of drug-likeness (QED) is 0.450. The van der Waals surface area contributed by atoms with Crippen LogP contribution in [0, 0.1) is 0 Å². The Kier molecular flexibility index (Phi) is 1.91. The SMILES string of the molecule is Clc1cccc2cc3oc4ncccc4c3cc12. The second-order valence-corrected chi connectivity index (χ2v) is 4.67. The standard InChI is InChI=1S/C15H8ClNO/c16-13-5-1-3-9-7-14-12(8-11(9)13)10-4-2-6-17-15(10)18-14/h1-8H. The molecule has 0 bridgehead atoms. The molecule has 4 aromatic rings. The molecule has 0 fully saturated rings. The summed E-state index contributed by atoms with van der Waals surface area (Å²) in [4.78, 5) is 4.23. The first-order chi connectivity index (χ1) is 8.83. The van der Waals surface area contributed by atoms with E-state index in [1.54, 1.807) is 6.20 Å². The number of nitrogens with zero attached hydrogens (tertiary/aromatic N) is 1. The number of fused-ring (bicyclic) bond motifs is 4. The summed E-state index contributed by atoms with van der Waals surface area (Å²) in [7, 11) is 0. The maximum Gasteiger partial charge on any atom is 0.227 e. The van der Waals surface area contributed by atoms with E-state index in [4.69, 9.17) is 16.0 Å². The number of furan rings is 1. The van der Waals surface area contributed by atoms with E-state index >= 15 is 0 Å². The van der Waals surface area contributed by atoms with Gasteiger partial charge in [0, 0.05) is 27.4 Å². The molecule has 18 heavy (non-hydrogen) atoms. The van der Waals surface area contributed by atoms with Gasteiger partial charge in [0.15, 0.2) is 0 Å². The van der Waals surface area contributed by atoms with Crippen LogP contribution in [0.15, 0.2) is 53.1 Å². The normalized spacial score (nSPS) is 11.6. The summed E-state index contributed by atoms with van der Waals surface area (Å²) in [5.74, 6) is 0. The van der Waals surface area contributed by atoms with E-state index in [9.17, 15) is 0 Å². The summed E-state index contributed by atoms with van der Waals surface area (Å²) >= 11 is 6.23. The smallest absolute Gasteiger partial charge is 0.227 e. The van der Waals surface area contributed by atoms with Crippen LogP contribution in [0.2, 0.25) is 5.02 Å². The summed E-state index contributed by atoms with van der Waals surface area (Å²) in [6.07, 6.45) is 1.73. The molecule has 3 heteroatoms. The predicted molar refractivity (Wildman–Crippen MR) is 74.0 cm³/mol. The van der Waals surface area contributed by atoms with Gasteiger partial charge in [-0.15, -0.1) is 0 Å². The third-order valence-corrected chi connectivity index (χ3v) is 3.52. The number of hydrogen-bond donors (Lipinski definition) is 0. The van der Waals surface area contributed by atoms with Crippen molar-refractivity contribution in [3.05, 3.63) is 53.7 Å². The van der Waals surface area contributed by atoms with Crippen LogP contribution in [0.1, 0.15) is 0 Å². The van der Waals surface area contributed by atoms with Crippen LogP contribution < -0.4 is 0 Å². The van der Waals surface area contributed by atoms with E-state index in [0.717, 1.165) is 32.2 Å². The van der Waals surface area contributed by atoms with Crippen LogP contribution in [-0.2, 0) is 0 Å². The van der Waals surface area contributed by atoms with Crippen molar-refractivity contribution in [2.45, 2.75) is 0 Å². The lowest BCUT2D eigenvalue weighted by Gasteiger charge is -1.99. The lowest BCUT2D eigenvalue weighted by molar-refractivity contribution is 0.654. The zero-order valence-electron chi connectivity index (χ0n) is 9.35. The lowest BCUT2D eigenvalue weighted by Crippen LogP contribution is -1.74. The van der Waals surface area contributed by atoms with Gasteiger partial charge in [-0.1, -0.05) is 23.7 Å². The molecule has 2 aromatic heterocycles. The molecule has 0 unspecified atom stereocenters. The second kappa shape index (κ2) is 3.47. The molecule has 2 heterocycles. The molecule has 2 nitrogen and oxygen atoms in total. The monoisotopic (exact) mass is 253 g/mol. The average Bonchev–Trinajstić information content (AvgIpc) is 2.75. The van der Waals surface area contributed by atoms with Crippen molar-refractivity contribution in [2.24, 2.45) is 0 Å². The third kappa shape index (κ3) is 1.27. The fraction of sp³-hybridized carbons (Fsp3) is 0. The maximum absolute atomic E-state index is 6.23. The van der Waals surface area contributed by atoms with Crippen molar-refractivity contribution in [3.8, 4) is 0 Å². The van der Waals surface area contributed by atoms with Gasteiger partial charge >= 0.3 is 0 Å². The van der Waals surface area contributed by atoms with Crippen LogP contribution >= 0.6 is 11.6 Å². The highest BCUT2D eigenvalue weighted by molar-refractivity contribution is 6.36. The van der Waals surface area contributed by atoms with Gasteiger partial charge in [-0.2, -0.15) is 0 Å². The minimum atomic E-state index is 0.666. The summed E-state index contributed by atoms with van der Waals surface area (Å²) in [5.41, 5.74) is 1.51. The fourth-order valence-electron chi connectivity index (χ4n) is 2.34. The average molecular weight is 254 g/mol. The minimum Gasteiger partial charge on any atom is -0.438 e. The fourth-order valence-corrected chi connectivity index (χ4v) is 2.58. The summed E-state index contributed by atoms with van der Waals surface area (Å²) in [6.45, 7) is 0. The molecular formula is C15H8ClNO. The highest BCUT2D eigenvalue weighted by Crippen LogP contribution is 2.33. The van der Waals surface area contributed by atoms with Gasteiger partial charge < -0.3 is 4.42 Å². The lowest BCUT2D eigenvalue weighted by atomic mass is 10.1. The Hall–Kier alpha value is -2.06. The number of halogens is 1. The first-order valence-electron chi connectivity index (χ1n) is 5.68. The van der Waals surface area contributed by atoms with Crippen molar-refractivity contribution in [2.75, 3.05) is 0 Å². The Labute approximate surface area is 108 Å². The zero-order valence-corrected chi connectivity index (χ0v) is 10.1. The van der Waals surface area contributed by atoms with Gasteiger partial charge in [0.05, 0.1) is 0 Å². The Morgan fingerprint density at radius 1 is 0.944 bits per heavy atom. The van der Waals surface area contributed by atoms with Crippen molar-refractivity contribution in [1.82, 2.24) is 4.98 Å². The summed E-state index contributed by atoms with van der Waals surface area (Å²) < 4.78 is 5.75. The molecule has 4 rings (SSSR count). The van der Waals surface area contributed by atoms with Crippen molar-refractivity contribution < 1.29 is 4.42 Å².